The number of hydrogen-bond donors (Lipinski definition) is 2. The number of aliphatic hydroxyl groups excluding tert-OH is 1. The molecule has 2 saturated heterocycles. The molecule has 2 aliphatic rings. The molecule has 0 radical (unpaired) electrons. The van der Waals surface area contributed by atoms with Crippen molar-refractivity contribution in [3.63, 3.8) is 0 Å². The van der Waals surface area contributed by atoms with Crippen molar-refractivity contribution in [1.82, 2.24) is 14.8 Å². The van der Waals surface area contributed by atoms with Crippen LogP contribution >= 0.6 is 0 Å². The van der Waals surface area contributed by atoms with E-state index in [-0.39, 0.29) is 12.6 Å². The number of ether oxygens (including phenoxy) is 2. The van der Waals surface area contributed by atoms with Gasteiger partial charge >= 0.3 is 0 Å². The van der Waals surface area contributed by atoms with Crippen LogP contribution in [0.3, 0.4) is 0 Å². The van der Waals surface area contributed by atoms with Gasteiger partial charge in [0, 0.05) is 32.1 Å². The van der Waals surface area contributed by atoms with Crippen LogP contribution in [0.4, 0.5) is 0 Å². The zero-order valence-corrected chi connectivity index (χ0v) is 15.8. The number of nitrogens with one attached hydrogen (secondary N) is 1. The summed E-state index contributed by atoms with van der Waals surface area (Å²) in [4.78, 5) is 2.26. The summed E-state index contributed by atoms with van der Waals surface area (Å²) in [6.07, 6.45) is 1.59. The maximum absolute atomic E-state index is 11.2. The largest absolute Gasteiger partial charge is 0.390 e. The molecule has 9 nitrogen and oxygen atoms in total. The summed E-state index contributed by atoms with van der Waals surface area (Å²) in [5.74, 6) is 0.813. The molecule has 0 aromatic carbocycles. The third-order valence-corrected chi connectivity index (χ3v) is 5.35. The minimum Gasteiger partial charge on any atom is -0.390 e. The fourth-order valence-electron chi connectivity index (χ4n) is 3.26. The van der Waals surface area contributed by atoms with Crippen molar-refractivity contribution in [2.45, 2.75) is 44.1 Å². The first kappa shape index (κ1) is 19.7. The highest BCUT2D eigenvalue weighted by atomic mass is 32.2. The van der Waals surface area contributed by atoms with Gasteiger partial charge in [-0.1, -0.05) is 5.16 Å². The van der Waals surface area contributed by atoms with Gasteiger partial charge in [-0.2, -0.15) is 0 Å². The first-order valence-electron chi connectivity index (χ1n) is 8.92. The number of morpholine rings is 1. The van der Waals surface area contributed by atoms with Crippen molar-refractivity contribution in [2.75, 3.05) is 39.1 Å². The molecule has 2 aliphatic heterocycles. The van der Waals surface area contributed by atoms with E-state index < -0.39 is 22.2 Å². The number of rotatable bonds is 7. The Kier molecular flexibility index (Phi) is 6.65. The van der Waals surface area contributed by atoms with Crippen LogP contribution in [-0.4, -0.2) is 81.0 Å². The molecular formula is C16H27N3O6S. The maximum atomic E-state index is 11.2. The highest BCUT2D eigenvalue weighted by Gasteiger charge is 2.31. The maximum Gasteiger partial charge on any atom is 0.208 e. The van der Waals surface area contributed by atoms with Gasteiger partial charge in [0.05, 0.1) is 50.0 Å². The van der Waals surface area contributed by atoms with E-state index >= 15 is 0 Å². The lowest BCUT2D eigenvalue weighted by Gasteiger charge is -2.33. The van der Waals surface area contributed by atoms with Crippen LogP contribution in [0.2, 0.25) is 0 Å². The van der Waals surface area contributed by atoms with E-state index in [1.165, 1.54) is 0 Å². The quantitative estimate of drug-likeness (QED) is 0.642. The molecule has 26 heavy (non-hydrogen) atoms. The van der Waals surface area contributed by atoms with Crippen molar-refractivity contribution < 1.29 is 27.5 Å². The summed E-state index contributed by atoms with van der Waals surface area (Å²) in [5.41, 5.74) is 0.810. The van der Waals surface area contributed by atoms with Gasteiger partial charge < -0.3 is 19.1 Å². The summed E-state index contributed by atoms with van der Waals surface area (Å²) in [6.45, 7) is 4.02. The molecule has 0 bridgehead atoms. The van der Waals surface area contributed by atoms with E-state index in [1.54, 1.807) is 0 Å². The Morgan fingerprint density at radius 1 is 1.35 bits per heavy atom. The Bertz CT molecular complexity index is 673. The molecule has 10 heteroatoms. The van der Waals surface area contributed by atoms with Crippen LogP contribution in [-0.2, 0) is 32.5 Å². The minimum atomic E-state index is -3.32. The van der Waals surface area contributed by atoms with Crippen LogP contribution in [0.5, 0.6) is 0 Å². The molecule has 0 spiro atoms. The predicted octanol–water partition coefficient (Wildman–Crippen LogP) is -0.493. The van der Waals surface area contributed by atoms with E-state index in [4.69, 9.17) is 14.0 Å². The van der Waals surface area contributed by atoms with Crippen LogP contribution < -0.4 is 4.72 Å². The summed E-state index contributed by atoms with van der Waals surface area (Å²) in [7, 11) is -3.32. The zero-order valence-electron chi connectivity index (χ0n) is 15.0. The standard InChI is InChI=1S/C16H27N3O6S/c1-26(21,22)17-10-16-15(20)3-2-13(24-16)8-12-9-14(25-18-12)11-19-4-6-23-7-5-19/h9,13,15-17,20H,2-8,10-11H2,1H3/t13-,15-,16+/m0/s1. The monoisotopic (exact) mass is 389 g/mol. The Labute approximate surface area is 153 Å². The van der Waals surface area contributed by atoms with Gasteiger partial charge in [0.25, 0.3) is 0 Å². The van der Waals surface area contributed by atoms with Crippen molar-refractivity contribution in [2.24, 2.45) is 0 Å². The number of aliphatic hydroxyl groups is 1. The van der Waals surface area contributed by atoms with Gasteiger partial charge in [-0.25, -0.2) is 13.1 Å². The second-order valence-corrected chi connectivity index (χ2v) is 8.77. The zero-order chi connectivity index (χ0) is 18.6. The topological polar surface area (TPSA) is 114 Å². The van der Waals surface area contributed by atoms with E-state index in [0.29, 0.717) is 25.8 Å². The Balaban J connectivity index is 1.50. The number of nitrogens with zero attached hydrogens (tertiary/aromatic N) is 2. The Morgan fingerprint density at radius 3 is 2.85 bits per heavy atom. The molecule has 0 amide bonds. The van der Waals surface area contributed by atoms with Gasteiger partial charge in [-0.05, 0) is 12.8 Å². The molecule has 0 aliphatic carbocycles. The fourth-order valence-corrected chi connectivity index (χ4v) is 3.72. The Morgan fingerprint density at radius 2 is 2.12 bits per heavy atom. The smallest absolute Gasteiger partial charge is 0.208 e. The lowest BCUT2D eigenvalue weighted by Crippen LogP contribution is -2.46. The molecule has 0 unspecified atom stereocenters. The normalized spacial score (nSPS) is 28.3. The van der Waals surface area contributed by atoms with Crippen molar-refractivity contribution in [1.29, 1.82) is 0 Å². The average molecular weight is 389 g/mol. The molecule has 3 rings (SSSR count). The number of aromatic nitrogens is 1. The van der Waals surface area contributed by atoms with Gasteiger partial charge in [0.1, 0.15) is 0 Å². The van der Waals surface area contributed by atoms with Crippen LogP contribution in [0.15, 0.2) is 10.6 Å². The lowest BCUT2D eigenvalue weighted by atomic mass is 9.98. The second kappa shape index (κ2) is 8.77. The molecule has 3 atom stereocenters. The van der Waals surface area contributed by atoms with Gasteiger partial charge in [0.15, 0.2) is 5.76 Å². The fraction of sp³-hybridized carbons (Fsp3) is 0.812. The van der Waals surface area contributed by atoms with E-state index in [0.717, 1.165) is 44.0 Å². The number of hydrogen-bond acceptors (Lipinski definition) is 8. The highest BCUT2D eigenvalue weighted by Crippen LogP contribution is 2.23. The molecule has 148 valence electrons. The van der Waals surface area contributed by atoms with E-state index in [9.17, 15) is 13.5 Å². The molecule has 2 N–H and O–H groups in total. The molecule has 2 fully saturated rings. The van der Waals surface area contributed by atoms with Crippen molar-refractivity contribution in [3.05, 3.63) is 17.5 Å². The first-order chi connectivity index (χ1) is 12.4. The van der Waals surface area contributed by atoms with Crippen LogP contribution in [0.25, 0.3) is 0 Å². The van der Waals surface area contributed by atoms with Crippen molar-refractivity contribution >= 4 is 10.0 Å². The third kappa shape index (κ3) is 6.00. The van der Waals surface area contributed by atoms with Crippen LogP contribution in [0, 0.1) is 0 Å². The van der Waals surface area contributed by atoms with Gasteiger partial charge in [0.2, 0.25) is 10.0 Å². The minimum absolute atomic E-state index is 0.0671. The first-order valence-corrected chi connectivity index (χ1v) is 10.8. The Hall–Kier alpha value is -1.04. The summed E-state index contributed by atoms with van der Waals surface area (Å²) in [6, 6.07) is 1.94. The van der Waals surface area contributed by atoms with Crippen LogP contribution in [0.1, 0.15) is 24.3 Å². The lowest BCUT2D eigenvalue weighted by molar-refractivity contribution is -0.113. The second-order valence-electron chi connectivity index (χ2n) is 6.94. The molecule has 0 saturated carbocycles. The summed E-state index contributed by atoms with van der Waals surface area (Å²) < 4.78 is 41.5. The molecular weight excluding hydrogens is 362 g/mol. The third-order valence-electron chi connectivity index (χ3n) is 4.66. The van der Waals surface area contributed by atoms with Gasteiger partial charge in [-0.15, -0.1) is 0 Å². The summed E-state index contributed by atoms with van der Waals surface area (Å²) >= 11 is 0. The van der Waals surface area contributed by atoms with Gasteiger partial charge in [-0.3, -0.25) is 4.90 Å². The number of sulfonamides is 1. The van der Waals surface area contributed by atoms with E-state index in [2.05, 4.69) is 14.8 Å². The average Bonchev–Trinajstić information content (AvgIpc) is 3.02. The van der Waals surface area contributed by atoms with E-state index in [1.807, 2.05) is 6.07 Å². The predicted molar refractivity (Wildman–Crippen MR) is 93.1 cm³/mol. The van der Waals surface area contributed by atoms with Crippen molar-refractivity contribution in [3.8, 4) is 0 Å². The molecule has 1 aromatic heterocycles. The SMILES string of the molecule is CS(=O)(=O)NC[C@H]1O[C@H](Cc2cc(CN3CCOCC3)on2)CC[C@@H]1O. The molecule has 1 aromatic rings. The molecule has 3 heterocycles. The summed E-state index contributed by atoms with van der Waals surface area (Å²) in [5, 5.41) is 14.1. The highest BCUT2D eigenvalue weighted by molar-refractivity contribution is 7.88.